The number of benzene rings is 1. The number of amides is 1. The van der Waals surface area contributed by atoms with E-state index in [0.29, 0.717) is 23.6 Å². The van der Waals surface area contributed by atoms with E-state index in [1.165, 1.54) is 0 Å². The Kier molecular flexibility index (Phi) is 5.75. The number of hydrogen-bond acceptors (Lipinski definition) is 3. The van der Waals surface area contributed by atoms with Crippen LogP contribution >= 0.6 is 11.6 Å². The number of hydrogen-bond donors (Lipinski definition) is 1. The van der Waals surface area contributed by atoms with Crippen LogP contribution in [-0.2, 0) is 9.53 Å². The standard InChI is InChI=1S/C18H24ClNO4/c1-18(2,3)24-17(23)20-11-5-4-6-14(20)15(16(21)22)12-7-9-13(19)10-8-12/h7-10,14-15H,4-6,11H2,1-3H3,(H,21,22)/t14-,15-/m0/s1. The number of carbonyl (C=O) groups excluding carboxylic acids is 1. The number of carboxylic acids is 1. The van der Waals surface area contributed by atoms with Gasteiger partial charge in [0.2, 0.25) is 0 Å². The van der Waals surface area contributed by atoms with E-state index in [-0.39, 0.29) is 0 Å². The lowest BCUT2D eigenvalue weighted by molar-refractivity contribution is -0.140. The summed E-state index contributed by atoms with van der Waals surface area (Å²) in [5, 5.41) is 10.3. The van der Waals surface area contributed by atoms with Crippen LogP contribution in [0.25, 0.3) is 0 Å². The number of rotatable bonds is 3. The van der Waals surface area contributed by atoms with E-state index >= 15 is 0 Å². The molecule has 0 unspecified atom stereocenters. The molecular formula is C18H24ClNO4. The molecule has 24 heavy (non-hydrogen) atoms. The normalized spacial score (nSPS) is 19.7. The van der Waals surface area contributed by atoms with E-state index in [2.05, 4.69) is 0 Å². The van der Waals surface area contributed by atoms with Crippen LogP contribution in [0.4, 0.5) is 4.79 Å². The van der Waals surface area contributed by atoms with Crippen LogP contribution in [0.1, 0.15) is 51.5 Å². The van der Waals surface area contributed by atoms with Gasteiger partial charge in [-0.2, -0.15) is 0 Å². The van der Waals surface area contributed by atoms with E-state index in [4.69, 9.17) is 16.3 Å². The molecule has 1 aromatic carbocycles. The molecule has 1 saturated heterocycles. The zero-order valence-electron chi connectivity index (χ0n) is 14.3. The molecular weight excluding hydrogens is 330 g/mol. The first kappa shape index (κ1) is 18.6. The monoisotopic (exact) mass is 353 g/mol. The number of carbonyl (C=O) groups is 2. The zero-order chi connectivity index (χ0) is 17.9. The second-order valence-corrected chi connectivity index (χ2v) is 7.54. The highest BCUT2D eigenvalue weighted by Gasteiger charge is 2.39. The van der Waals surface area contributed by atoms with Gasteiger partial charge < -0.3 is 14.7 Å². The predicted octanol–water partition coefficient (Wildman–Crippen LogP) is 4.30. The van der Waals surface area contributed by atoms with Gasteiger partial charge in [-0.3, -0.25) is 4.79 Å². The van der Waals surface area contributed by atoms with Crippen molar-refractivity contribution in [2.45, 2.75) is 57.6 Å². The van der Waals surface area contributed by atoms with Crippen molar-refractivity contribution in [1.82, 2.24) is 4.90 Å². The molecule has 1 amide bonds. The van der Waals surface area contributed by atoms with Crippen LogP contribution in [-0.4, -0.2) is 40.3 Å². The van der Waals surface area contributed by atoms with Gasteiger partial charge in [-0.25, -0.2) is 4.79 Å². The van der Waals surface area contributed by atoms with Gasteiger partial charge in [-0.15, -0.1) is 0 Å². The van der Waals surface area contributed by atoms with E-state index < -0.39 is 29.6 Å². The lowest BCUT2D eigenvalue weighted by Gasteiger charge is -2.39. The van der Waals surface area contributed by atoms with Gasteiger partial charge in [0.1, 0.15) is 11.5 Å². The lowest BCUT2D eigenvalue weighted by atomic mass is 9.85. The first-order valence-corrected chi connectivity index (χ1v) is 8.55. The average molecular weight is 354 g/mol. The van der Waals surface area contributed by atoms with E-state index in [1.807, 2.05) is 0 Å². The molecule has 6 heteroatoms. The number of nitrogens with zero attached hydrogens (tertiary/aromatic N) is 1. The number of piperidine rings is 1. The molecule has 0 radical (unpaired) electrons. The maximum atomic E-state index is 12.5. The summed E-state index contributed by atoms with van der Waals surface area (Å²) in [6.07, 6.45) is 1.93. The van der Waals surface area contributed by atoms with Gasteiger partial charge in [-0.05, 0) is 57.7 Å². The molecule has 0 aromatic heterocycles. The second kappa shape index (κ2) is 7.43. The Morgan fingerprint density at radius 2 is 1.88 bits per heavy atom. The Morgan fingerprint density at radius 1 is 1.25 bits per heavy atom. The van der Waals surface area contributed by atoms with Gasteiger partial charge in [0.25, 0.3) is 0 Å². The molecule has 1 heterocycles. The third-order valence-electron chi connectivity index (χ3n) is 4.06. The van der Waals surface area contributed by atoms with E-state index in [1.54, 1.807) is 49.9 Å². The Bertz CT molecular complexity index is 594. The van der Waals surface area contributed by atoms with Crippen molar-refractivity contribution in [3.05, 3.63) is 34.9 Å². The van der Waals surface area contributed by atoms with E-state index in [9.17, 15) is 14.7 Å². The molecule has 1 aliphatic heterocycles. The van der Waals surface area contributed by atoms with Crippen molar-refractivity contribution >= 4 is 23.7 Å². The molecule has 0 saturated carbocycles. The first-order valence-electron chi connectivity index (χ1n) is 8.17. The van der Waals surface area contributed by atoms with Crippen molar-refractivity contribution in [2.75, 3.05) is 6.54 Å². The number of carboxylic acid groups (broad SMARTS) is 1. The van der Waals surface area contributed by atoms with Crippen LogP contribution in [0.15, 0.2) is 24.3 Å². The molecule has 132 valence electrons. The van der Waals surface area contributed by atoms with Crippen LogP contribution in [0.2, 0.25) is 5.02 Å². The Morgan fingerprint density at radius 3 is 2.42 bits per heavy atom. The molecule has 0 aliphatic carbocycles. The molecule has 1 aromatic rings. The summed E-state index contributed by atoms with van der Waals surface area (Å²) >= 11 is 5.90. The minimum atomic E-state index is -0.946. The third-order valence-corrected chi connectivity index (χ3v) is 4.31. The largest absolute Gasteiger partial charge is 0.481 e. The predicted molar refractivity (Wildman–Crippen MR) is 92.4 cm³/mol. The number of likely N-dealkylation sites (tertiary alicyclic amines) is 1. The van der Waals surface area contributed by atoms with Crippen molar-refractivity contribution in [2.24, 2.45) is 0 Å². The van der Waals surface area contributed by atoms with Gasteiger partial charge in [-0.1, -0.05) is 23.7 Å². The molecule has 0 spiro atoms. The lowest BCUT2D eigenvalue weighted by Crippen LogP contribution is -2.50. The van der Waals surface area contributed by atoms with Gasteiger partial charge in [0.15, 0.2) is 0 Å². The molecule has 2 atom stereocenters. The van der Waals surface area contributed by atoms with Crippen molar-refractivity contribution in [3.8, 4) is 0 Å². The number of halogens is 1. The summed E-state index contributed by atoms with van der Waals surface area (Å²) in [6.45, 7) is 5.92. The van der Waals surface area contributed by atoms with Crippen molar-refractivity contribution < 1.29 is 19.4 Å². The molecule has 1 fully saturated rings. The third kappa shape index (κ3) is 4.63. The summed E-state index contributed by atoms with van der Waals surface area (Å²) < 4.78 is 5.47. The summed E-state index contributed by atoms with van der Waals surface area (Å²) in [5.41, 5.74) is 0.0327. The zero-order valence-corrected chi connectivity index (χ0v) is 15.0. The highest BCUT2D eigenvalue weighted by atomic mass is 35.5. The fraction of sp³-hybridized carbons (Fsp3) is 0.556. The molecule has 0 bridgehead atoms. The summed E-state index contributed by atoms with van der Waals surface area (Å²) in [4.78, 5) is 26.0. The topological polar surface area (TPSA) is 66.8 Å². The average Bonchev–Trinajstić information content (AvgIpc) is 2.48. The second-order valence-electron chi connectivity index (χ2n) is 7.10. The maximum absolute atomic E-state index is 12.5. The van der Waals surface area contributed by atoms with Crippen molar-refractivity contribution in [1.29, 1.82) is 0 Å². The molecule has 2 rings (SSSR count). The minimum Gasteiger partial charge on any atom is -0.481 e. The molecule has 1 N–H and O–H groups in total. The van der Waals surface area contributed by atoms with Crippen LogP contribution < -0.4 is 0 Å². The smallest absolute Gasteiger partial charge is 0.410 e. The van der Waals surface area contributed by atoms with Crippen LogP contribution in [0.3, 0.4) is 0 Å². The summed E-state index contributed by atoms with van der Waals surface area (Å²) in [5.74, 6) is -1.74. The Hall–Kier alpha value is -1.75. The summed E-state index contributed by atoms with van der Waals surface area (Å²) in [7, 11) is 0. The SMILES string of the molecule is CC(C)(C)OC(=O)N1CCCC[C@H]1[C@@H](C(=O)O)c1ccc(Cl)cc1. The van der Waals surface area contributed by atoms with Gasteiger partial charge >= 0.3 is 12.1 Å². The highest BCUT2D eigenvalue weighted by Crippen LogP contribution is 2.32. The fourth-order valence-electron chi connectivity index (χ4n) is 3.05. The van der Waals surface area contributed by atoms with Crippen LogP contribution in [0, 0.1) is 0 Å². The molecule has 1 aliphatic rings. The highest BCUT2D eigenvalue weighted by molar-refractivity contribution is 6.30. The number of aliphatic carboxylic acids is 1. The van der Waals surface area contributed by atoms with Gasteiger partial charge in [0, 0.05) is 11.6 Å². The quantitative estimate of drug-likeness (QED) is 0.879. The van der Waals surface area contributed by atoms with Crippen LogP contribution in [0.5, 0.6) is 0 Å². The minimum absolute atomic E-state index is 0.424. The van der Waals surface area contributed by atoms with Gasteiger partial charge in [0.05, 0.1) is 6.04 Å². The summed E-state index contributed by atoms with van der Waals surface area (Å²) in [6, 6.07) is 6.35. The fourth-order valence-corrected chi connectivity index (χ4v) is 3.18. The molecule has 5 nitrogen and oxygen atoms in total. The Balaban J connectivity index is 2.30. The van der Waals surface area contributed by atoms with E-state index in [0.717, 1.165) is 12.8 Å². The maximum Gasteiger partial charge on any atom is 0.410 e. The first-order chi connectivity index (χ1) is 11.2. The Labute approximate surface area is 147 Å². The number of ether oxygens (including phenoxy) is 1. The van der Waals surface area contributed by atoms with Crippen molar-refractivity contribution in [3.63, 3.8) is 0 Å².